The first-order valence-corrected chi connectivity index (χ1v) is 8.44. The Morgan fingerprint density at radius 3 is 2.58 bits per heavy atom. The number of amides is 1. The molecule has 1 atom stereocenters. The van der Waals surface area contributed by atoms with Gasteiger partial charge in [-0.25, -0.2) is 4.79 Å². The number of alkyl carbamates (subject to hydrolysis) is 1. The van der Waals surface area contributed by atoms with Gasteiger partial charge >= 0.3 is 12.1 Å². The molecular weight excluding hydrogens is 336 g/mol. The third kappa shape index (κ3) is 5.34. The molecule has 140 valence electrons. The van der Waals surface area contributed by atoms with Crippen molar-refractivity contribution in [1.82, 2.24) is 10.3 Å². The van der Waals surface area contributed by atoms with Crippen LogP contribution in [0.15, 0.2) is 30.5 Å². The summed E-state index contributed by atoms with van der Waals surface area (Å²) in [6, 6.07) is 7.41. The normalized spacial score (nSPS) is 12.5. The van der Waals surface area contributed by atoms with Crippen LogP contribution in [-0.2, 0) is 14.3 Å². The molecule has 1 heterocycles. The van der Waals surface area contributed by atoms with Crippen molar-refractivity contribution in [2.75, 3.05) is 6.54 Å². The number of ketones is 1. The molecule has 26 heavy (non-hydrogen) atoms. The zero-order valence-corrected chi connectivity index (χ0v) is 15.4. The van der Waals surface area contributed by atoms with E-state index in [-0.39, 0.29) is 18.7 Å². The number of nitrogens with one attached hydrogen (secondary N) is 2. The minimum Gasteiger partial charge on any atom is -0.454 e. The van der Waals surface area contributed by atoms with E-state index in [9.17, 15) is 14.4 Å². The lowest BCUT2D eigenvalue weighted by Gasteiger charge is -2.19. The average Bonchev–Trinajstić information content (AvgIpc) is 2.96. The molecule has 2 rings (SSSR count). The number of H-pyrrole nitrogens is 1. The second-order valence-electron chi connectivity index (χ2n) is 6.92. The van der Waals surface area contributed by atoms with Crippen LogP contribution in [0.1, 0.15) is 44.5 Å². The fraction of sp³-hybridized carbons (Fsp3) is 0.421. The highest BCUT2D eigenvalue weighted by Crippen LogP contribution is 2.20. The van der Waals surface area contributed by atoms with Gasteiger partial charge in [0.2, 0.25) is 5.78 Å². The predicted molar refractivity (Wildman–Crippen MR) is 97.0 cm³/mol. The Morgan fingerprint density at radius 2 is 1.88 bits per heavy atom. The van der Waals surface area contributed by atoms with E-state index in [2.05, 4.69) is 10.3 Å². The van der Waals surface area contributed by atoms with Crippen LogP contribution >= 0.6 is 0 Å². The molecule has 2 aromatic rings. The molecule has 0 saturated carbocycles. The van der Waals surface area contributed by atoms with Crippen LogP contribution in [0.3, 0.4) is 0 Å². The van der Waals surface area contributed by atoms with Gasteiger partial charge < -0.3 is 19.8 Å². The number of carbonyl (C=O) groups excluding carboxylic acids is 3. The largest absolute Gasteiger partial charge is 0.454 e. The van der Waals surface area contributed by atoms with Crippen molar-refractivity contribution in [2.24, 2.45) is 0 Å². The van der Waals surface area contributed by atoms with Gasteiger partial charge in [-0.05, 0) is 33.8 Å². The molecule has 0 aliphatic carbocycles. The third-order valence-electron chi connectivity index (χ3n) is 3.53. The summed E-state index contributed by atoms with van der Waals surface area (Å²) in [4.78, 5) is 38.9. The topological polar surface area (TPSA) is 97.5 Å². The number of rotatable bonds is 6. The number of Topliss-reactive ketones (excluding diaryl/α,β-unsaturated/α-hetero) is 1. The van der Waals surface area contributed by atoms with E-state index in [0.29, 0.717) is 5.56 Å². The van der Waals surface area contributed by atoms with Gasteiger partial charge in [-0.15, -0.1) is 0 Å². The molecule has 7 heteroatoms. The molecule has 2 N–H and O–H groups in total. The molecule has 1 aromatic carbocycles. The number of aromatic amines is 1. The second kappa shape index (κ2) is 8.03. The molecule has 0 aliphatic heterocycles. The summed E-state index contributed by atoms with van der Waals surface area (Å²) in [7, 11) is 0. The van der Waals surface area contributed by atoms with Gasteiger partial charge in [0.15, 0.2) is 6.10 Å². The summed E-state index contributed by atoms with van der Waals surface area (Å²) in [5.74, 6) is -0.849. The molecule has 1 unspecified atom stereocenters. The second-order valence-corrected chi connectivity index (χ2v) is 6.92. The van der Waals surface area contributed by atoms with Crippen LogP contribution in [-0.4, -0.2) is 41.1 Å². The number of benzene rings is 1. The summed E-state index contributed by atoms with van der Waals surface area (Å²) in [6.45, 7) is 6.85. The van der Waals surface area contributed by atoms with Crippen molar-refractivity contribution in [2.45, 2.75) is 45.8 Å². The number of carbonyl (C=O) groups is 3. The van der Waals surface area contributed by atoms with Crippen molar-refractivity contribution in [1.29, 1.82) is 0 Å². The third-order valence-corrected chi connectivity index (χ3v) is 3.53. The minimum absolute atomic E-state index is 0.0508. The summed E-state index contributed by atoms with van der Waals surface area (Å²) in [5, 5.41) is 3.26. The van der Waals surface area contributed by atoms with Crippen LogP contribution < -0.4 is 5.32 Å². The van der Waals surface area contributed by atoms with Gasteiger partial charge in [-0.3, -0.25) is 9.59 Å². The fourth-order valence-corrected chi connectivity index (χ4v) is 2.38. The molecular formula is C19H24N2O5. The maximum absolute atomic E-state index is 12.5. The van der Waals surface area contributed by atoms with E-state index >= 15 is 0 Å². The van der Waals surface area contributed by atoms with E-state index in [1.807, 2.05) is 24.3 Å². The van der Waals surface area contributed by atoms with Gasteiger partial charge in [0, 0.05) is 29.2 Å². The number of ether oxygens (including phenoxy) is 2. The van der Waals surface area contributed by atoms with Crippen LogP contribution in [0.2, 0.25) is 0 Å². The Bertz CT molecular complexity index is 804. The van der Waals surface area contributed by atoms with Crippen molar-refractivity contribution in [3.8, 4) is 0 Å². The Hall–Kier alpha value is -2.83. The number of esters is 1. The standard InChI is InChI=1S/C19H24N2O5/c1-12(17(23)14-11-21-15-8-6-5-7-13(14)15)25-16(22)9-10-20-18(24)26-19(2,3)4/h5-8,11-12,21H,9-10H2,1-4H3,(H,20,24). The number of hydrogen-bond donors (Lipinski definition) is 2. The highest BCUT2D eigenvalue weighted by Gasteiger charge is 2.22. The zero-order valence-electron chi connectivity index (χ0n) is 15.4. The summed E-state index contributed by atoms with van der Waals surface area (Å²) >= 11 is 0. The SMILES string of the molecule is CC(OC(=O)CCNC(=O)OC(C)(C)C)C(=O)c1c[nH]c2ccccc12. The molecule has 1 aromatic heterocycles. The first-order chi connectivity index (χ1) is 12.2. The van der Waals surface area contributed by atoms with Gasteiger partial charge in [0.05, 0.1) is 6.42 Å². The molecule has 7 nitrogen and oxygen atoms in total. The highest BCUT2D eigenvalue weighted by atomic mass is 16.6. The summed E-state index contributed by atoms with van der Waals surface area (Å²) < 4.78 is 10.2. The fourth-order valence-electron chi connectivity index (χ4n) is 2.38. The van der Waals surface area contributed by atoms with Crippen LogP contribution in [0.25, 0.3) is 10.9 Å². The maximum Gasteiger partial charge on any atom is 0.407 e. The Kier molecular flexibility index (Phi) is 6.02. The number of fused-ring (bicyclic) bond motifs is 1. The first-order valence-electron chi connectivity index (χ1n) is 8.44. The molecule has 0 spiro atoms. The lowest BCUT2D eigenvalue weighted by Crippen LogP contribution is -2.34. The van der Waals surface area contributed by atoms with Crippen molar-refractivity contribution < 1.29 is 23.9 Å². The van der Waals surface area contributed by atoms with Gasteiger partial charge in [-0.2, -0.15) is 0 Å². The average molecular weight is 360 g/mol. The summed E-state index contributed by atoms with van der Waals surface area (Å²) in [5.41, 5.74) is 0.717. The van der Waals surface area contributed by atoms with E-state index in [0.717, 1.165) is 10.9 Å². The molecule has 0 saturated heterocycles. The first kappa shape index (κ1) is 19.5. The van der Waals surface area contributed by atoms with Crippen molar-refractivity contribution in [3.05, 3.63) is 36.0 Å². The van der Waals surface area contributed by atoms with E-state index in [4.69, 9.17) is 9.47 Å². The number of para-hydroxylation sites is 1. The van der Waals surface area contributed by atoms with Gasteiger partial charge in [0.25, 0.3) is 0 Å². The number of aromatic nitrogens is 1. The number of hydrogen-bond acceptors (Lipinski definition) is 5. The van der Waals surface area contributed by atoms with E-state index < -0.39 is 23.8 Å². The zero-order chi connectivity index (χ0) is 19.3. The predicted octanol–water partition coefficient (Wildman–Crippen LogP) is 3.20. The van der Waals surface area contributed by atoms with Gasteiger partial charge in [-0.1, -0.05) is 18.2 Å². The maximum atomic E-state index is 12.5. The van der Waals surface area contributed by atoms with E-state index in [1.54, 1.807) is 27.0 Å². The molecule has 0 radical (unpaired) electrons. The molecule has 1 amide bonds. The molecule has 0 bridgehead atoms. The molecule has 0 fully saturated rings. The Morgan fingerprint density at radius 1 is 1.19 bits per heavy atom. The molecule has 0 aliphatic rings. The summed E-state index contributed by atoms with van der Waals surface area (Å²) in [6.07, 6.45) is 0.0445. The van der Waals surface area contributed by atoms with Gasteiger partial charge in [0.1, 0.15) is 5.60 Å². The Balaban J connectivity index is 1.83. The van der Waals surface area contributed by atoms with Crippen molar-refractivity contribution in [3.63, 3.8) is 0 Å². The smallest absolute Gasteiger partial charge is 0.407 e. The van der Waals surface area contributed by atoms with Crippen LogP contribution in [0.4, 0.5) is 4.79 Å². The van der Waals surface area contributed by atoms with Crippen molar-refractivity contribution >= 4 is 28.7 Å². The minimum atomic E-state index is -0.914. The van der Waals surface area contributed by atoms with E-state index in [1.165, 1.54) is 6.92 Å². The highest BCUT2D eigenvalue weighted by molar-refractivity contribution is 6.10. The lowest BCUT2D eigenvalue weighted by atomic mass is 10.1. The van der Waals surface area contributed by atoms with Crippen LogP contribution in [0, 0.1) is 0 Å². The monoisotopic (exact) mass is 360 g/mol. The van der Waals surface area contributed by atoms with Crippen LogP contribution in [0.5, 0.6) is 0 Å². The Labute approximate surface area is 152 Å². The quantitative estimate of drug-likeness (QED) is 0.609. The lowest BCUT2D eigenvalue weighted by molar-refractivity contribution is -0.146.